The maximum absolute atomic E-state index is 12.3. The van der Waals surface area contributed by atoms with E-state index in [1.807, 2.05) is 6.92 Å². The van der Waals surface area contributed by atoms with Crippen LogP contribution in [0, 0.1) is 17.8 Å². The molecule has 2 fully saturated rings. The molecule has 0 unspecified atom stereocenters. The van der Waals surface area contributed by atoms with E-state index < -0.39 is 5.97 Å². The fourth-order valence-electron chi connectivity index (χ4n) is 4.10. The van der Waals surface area contributed by atoms with Crippen molar-refractivity contribution in [3.8, 4) is 0 Å². The van der Waals surface area contributed by atoms with E-state index in [0.29, 0.717) is 11.8 Å². The van der Waals surface area contributed by atoms with Gasteiger partial charge in [-0.3, -0.25) is 9.48 Å². The predicted octanol–water partition coefficient (Wildman–Crippen LogP) is 1.67. The predicted molar refractivity (Wildman–Crippen MR) is 76.0 cm³/mol. The third kappa shape index (κ3) is 2.54. The second-order valence-corrected chi connectivity index (χ2v) is 6.47. The molecular formula is C15H21N3O3. The van der Waals surface area contributed by atoms with E-state index in [1.165, 1.54) is 36.6 Å². The van der Waals surface area contributed by atoms with Gasteiger partial charge in [0.2, 0.25) is 0 Å². The number of hydrogen-bond donors (Lipinski definition) is 2. The first-order valence-corrected chi connectivity index (χ1v) is 7.53. The molecular weight excluding hydrogens is 270 g/mol. The molecule has 4 atom stereocenters. The Balaban J connectivity index is 1.70. The number of fused-ring (bicyclic) bond motifs is 2. The molecule has 6 heteroatoms. The number of carboxylic acid groups (broad SMARTS) is 1. The Labute approximate surface area is 123 Å². The third-order valence-electron chi connectivity index (χ3n) is 5.07. The second kappa shape index (κ2) is 5.16. The summed E-state index contributed by atoms with van der Waals surface area (Å²) in [4.78, 5) is 23.5. The molecule has 1 amide bonds. The fourth-order valence-corrected chi connectivity index (χ4v) is 4.10. The normalized spacial score (nSPS) is 28.6. The summed E-state index contributed by atoms with van der Waals surface area (Å²) in [6.07, 6.45) is 6.42. The van der Waals surface area contributed by atoms with Gasteiger partial charge in [-0.2, -0.15) is 5.10 Å². The van der Waals surface area contributed by atoms with E-state index in [0.717, 1.165) is 5.92 Å². The number of aromatic carboxylic acids is 1. The summed E-state index contributed by atoms with van der Waals surface area (Å²) < 4.78 is 1.36. The fraction of sp³-hybridized carbons (Fsp3) is 0.667. The molecule has 2 saturated carbocycles. The number of nitrogens with zero attached hydrogens (tertiary/aromatic N) is 2. The van der Waals surface area contributed by atoms with Crippen molar-refractivity contribution in [2.45, 2.75) is 38.6 Å². The molecule has 6 nitrogen and oxygen atoms in total. The van der Waals surface area contributed by atoms with Crippen molar-refractivity contribution in [1.29, 1.82) is 0 Å². The van der Waals surface area contributed by atoms with Crippen molar-refractivity contribution >= 4 is 11.9 Å². The van der Waals surface area contributed by atoms with Crippen LogP contribution < -0.4 is 5.32 Å². The van der Waals surface area contributed by atoms with Crippen molar-refractivity contribution in [2.75, 3.05) is 0 Å². The number of carboxylic acids is 1. The molecule has 114 valence electrons. The lowest BCUT2D eigenvalue weighted by Gasteiger charge is -2.28. The second-order valence-electron chi connectivity index (χ2n) is 6.47. The number of nitrogens with one attached hydrogen (secondary N) is 1. The van der Waals surface area contributed by atoms with Gasteiger partial charge in [0.25, 0.3) is 5.91 Å². The van der Waals surface area contributed by atoms with Crippen molar-refractivity contribution in [2.24, 2.45) is 24.8 Å². The van der Waals surface area contributed by atoms with Crippen molar-refractivity contribution in [1.82, 2.24) is 15.1 Å². The summed E-state index contributed by atoms with van der Waals surface area (Å²) in [5.41, 5.74) is -0.0462. The number of aromatic nitrogens is 2. The molecule has 2 aliphatic rings. The highest BCUT2D eigenvalue weighted by Crippen LogP contribution is 2.49. The molecule has 1 heterocycles. The Morgan fingerprint density at radius 3 is 2.76 bits per heavy atom. The van der Waals surface area contributed by atoms with Crippen LogP contribution in [0.2, 0.25) is 0 Å². The van der Waals surface area contributed by atoms with Crippen LogP contribution in [0.3, 0.4) is 0 Å². The Bertz CT molecular complexity index is 581. The van der Waals surface area contributed by atoms with Crippen molar-refractivity contribution in [3.05, 3.63) is 17.5 Å². The Morgan fingerprint density at radius 1 is 1.43 bits per heavy atom. The zero-order chi connectivity index (χ0) is 15.1. The highest BCUT2D eigenvalue weighted by atomic mass is 16.4. The monoisotopic (exact) mass is 291 g/mol. The first-order valence-electron chi connectivity index (χ1n) is 7.53. The summed E-state index contributed by atoms with van der Waals surface area (Å²) in [5, 5.41) is 16.1. The molecule has 0 saturated heterocycles. The van der Waals surface area contributed by atoms with Gasteiger partial charge < -0.3 is 10.4 Å². The summed E-state index contributed by atoms with van der Waals surface area (Å²) in [6.45, 7) is 2.02. The van der Waals surface area contributed by atoms with Crippen LogP contribution in [0.25, 0.3) is 0 Å². The van der Waals surface area contributed by atoms with Gasteiger partial charge in [-0.15, -0.1) is 0 Å². The number of carbonyl (C=O) groups is 2. The van der Waals surface area contributed by atoms with E-state index in [1.54, 1.807) is 7.05 Å². The van der Waals surface area contributed by atoms with E-state index in [4.69, 9.17) is 5.11 Å². The minimum absolute atomic E-state index is 0.00000591. The van der Waals surface area contributed by atoms with Gasteiger partial charge in [0.1, 0.15) is 5.56 Å². The van der Waals surface area contributed by atoms with Crippen LogP contribution in [0.15, 0.2) is 6.20 Å². The van der Waals surface area contributed by atoms with Crippen LogP contribution in [0.4, 0.5) is 0 Å². The van der Waals surface area contributed by atoms with Crippen LogP contribution in [-0.4, -0.2) is 32.8 Å². The minimum Gasteiger partial charge on any atom is -0.478 e. The molecule has 2 aliphatic carbocycles. The Kier molecular flexibility index (Phi) is 3.47. The average molecular weight is 291 g/mol. The highest BCUT2D eigenvalue weighted by molar-refractivity contribution is 6.03. The van der Waals surface area contributed by atoms with Gasteiger partial charge in [-0.1, -0.05) is 6.42 Å². The number of carbonyl (C=O) groups excluding carboxylic acids is 1. The molecule has 21 heavy (non-hydrogen) atoms. The van der Waals surface area contributed by atoms with E-state index >= 15 is 0 Å². The van der Waals surface area contributed by atoms with E-state index in [2.05, 4.69) is 10.4 Å². The summed E-state index contributed by atoms with van der Waals surface area (Å²) in [6, 6.07) is 0.0662. The summed E-state index contributed by atoms with van der Waals surface area (Å²) in [7, 11) is 1.61. The minimum atomic E-state index is -1.12. The van der Waals surface area contributed by atoms with Crippen LogP contribution in [-0.2, 0) is 7.05 Å². The van der Waals surface area contributed by atoms with Crippen molar-refractivity contribution < 1.29 is 14.7 Å². The number of hydrogen-bond acceptors (Lipinski definition) is 3. The molecule has 1 aromatic heterocycles. The molecule has 0 aromatic carbocycles. The van der Waals surface area contributed by atoms with Crippen LogP contribution in [0.5, 0.6) is 0 Å². The highest BCUT2D eigenvalue weighted by Gasteiger charge is 2.42. The van der Waals surface area contributed by atoms with Gasteiger partial charge in [0, 0.05) is 19.3 Å². The smallest absolute Gasteiger partial charge is 0.339 e. The molecule has 1 aromatic rings. The zero-order valence-electron chi connectivity index (χ0n) is 12.4. The van der Waals surface area contributed by atoms with E-state index in [9.17, 15) is 9.59 Å². The molecule has 0 aliphatic heterocycles. The van der Waals surface area contributed by atoms with E-state index in [-0.39, 0.29) is 23.2 Å². The van der Waals surface area contributed by atoms with Gasteiger partial charge in [0.05, 0.1) is 0 Å². The number of aryl methyl sites for hydroxylation is 1. The summed E-state index contributed by atoms with van der Waals surface area (Å²) >= 11 is 0. The van der Waals surface area contributed by atoms with Crippen LogP contribution in [0.1, 0.15) is 53.5 Å². The van der Waals surface area contributed by atoms with Crippen molar-refractivity contribution in [3.63, 3.8) is 0 Å². The molecule has 0 spiro atoms. The molecule has 2 N–H and O–H groups in total. The standard InChI is InChI=1S/C15H21N3O3/c1-8(11-6-9-3-4-10(11)5-9)16-14(19)13-12(15(20)21)7-18(2)17-13/h7-11H,3-6H2,1-2H3,(H,16,19)(H,20,21)/t8-,9-,10-,11+/m1/s1. The Morgan fingerprint density at radius 2 is 2.19 bits per heavy atom. The Hall–Kier alpha value is -1.85. The zero-order valence-corrected chi connectivity index (χ0v) is 12.4. The lowest BCUT2D eigenvalue weighted by molar-refractivity contribution is 0.0689. The maximum atomic E-state index is 12.3. The van der Waals surface area contributed by atoms with Gasteiger partial charge in [0.15, 0.2) is 5.69 Å². The average Bonchev–Trinajstić information content (AvgIpc) is 3.12. The lowest BCUT2D eigenvalue weighted by atomic mass is 9.84. The third-order valence-corrected chi connectivity index (χ3v) is 5.07. The van der Waals surface area contributed by atoms with Gasteiger partial charge >= 0.3 is 5.97 Å². The van der Waals surface area contributed by atoms with Gasteiger partial charge in [-0.05, 0) is 43.9 Å². The first kappa shape index (κ1) is 14.1. The van der Waals surface area contributed by atoms with Crippen LogP contribution >= 0.6 is 0 Å². The van der Waals surface area contributed by atoms with Gasteiger partial charge in [-0.25, -0.2) is 4.79 Å². The molecule has 0 radical (unpaired) electrons. The number of amides is 1. The lowest BCUT2D eigenvalue weighted by Crippen LogP contribution is -2.40. The topological polar surface area (TPSA) is 84.2 Å². The summed E-state index contributed by atoms with van der Waals surface area (Å²) in [5.74, 6) is 0.547. The quantitative estimate of drug-likeness (QED) is 0.884. The first-order chi connectivity index (χ1) is 9.95. The molecule has 2 bridgehead atoms. The molecule has 3 rings (SSSR count). The number of rotatable bonds is 4. The SMILES string of the molecule is C[C@@H](NC(=O)c1nn(C)cc1C(=O)O)[C@@H]1C[C@@H]2CC[C@@H]1C2. The largest absolute Gasteiger partial charge is 0.478 e. The maximum Gasteiger partial charge on any atom is 0.339 e.